The summed E-state index contributed by atoms with van der Waals surface area (Å²) in [6, 6.07) is 2.89. The fraction of sp³-hybridized carbons (Fsp3) is 0.500. The molecule has 2 rings (SSSR count). The number of rotatable bonds is 5. The lowest BCUT2D eigenvalue weighted by molar-refractivity contribution is -0.142. The van der Waals surface area contributed by atoms with Gasteiger partial charge in [-0.25, -0.2) is 12.8 Å². The molecule has 1 unspecified atom stereocenters. The Morgan fingerprint density at radius 3 is 2.45 bits per heavy atom. The van der Waals surface area contributed by atoms with Crippen molar-refractivity contribution in [2.75, 3.05) is 13.2 Å². The highest BCUT2D eigenvalue weighted by Gasteiger charge is 2.49. The van der Waals surface area contributed by atoms with Gasteiger partial charge in [-0.1, -0.05) is 6.92 Å². The van der Waals surface area contributed by atoms with E-state index in [0.717, 1.165) is 28.6 Å². The van der Waals surface area contributed by atoms with Crippen molar-refractivity contribution in [2.24, 2.45) is 11.8 Å². The summed E-state index contributed by atoms with van der Waals surface area (Å²) in [4.78, 5) is 11.3. The Labute approximate surface area is 127 Å². The highest BCUT2D eigenvalue weighted by molar-refractivity contribution is 7.89. The van der Waals surface area contributed by atoms with Crippen molar-refractivity contribution in [2.45, 2.75) is 24.3 Å². The first kappa shape index (κ1) is 16.8. The van der Waals surface area contributed by atoms with E-state index in [9.17, 15) is 27.1 Å². The van der Waals surface area contributed by atoms with Crippen molar-refractivity contribution in [3.63, 3.8) is 0 Å². The number of carboxylic acids is 1. The maximum Gasteiger partial charge on any atom is 0.322 e. The molecule has 0 spiro atoms. The summed E-state index contributed by atoms with van der Waals surface area (Å²) in [7, 11) is -4.07. The van der Waals surface area contributed by atoms with E-state index in [1.54, 1.807) is 6.92 Å². The molecule has 0 aromatic heterocycles. The third-order valence-electron chi connectivity index (χ3n) is 4.03. The Morgan fingerprint density at radius 2 is 1.95 bits per heavy atom. The molecule has 1 aromatic rings. The zero-order chi connectivity index (χ0) is 16.5. The summed E-state index contributed by atoms with van der Waals surface area (Å²) >= 11 is 0. The third-order valence-corrected chi connectivity index (χ3v) is 5.89. The van der Waals surface area contributed by atoms with Gasteiger partial charge in [0.15, 0.2) is 0 Å². The highest BCUT2D eigenvalue weighted by Crippen LogP contribution is 2.36. The predicted molar refractivity (Wildman–Crippen MR) is 75.0 cm³/mol. The Bertz CT molecular complexity index is 647. The maximum atomic E-state index is 12.9. The molecule has 0 amide bonds. The van der Waals surface area contributed by atoms with Crippen LogP contribution < -0.4 is 0 Å². The van der Waals surface area contributed by atoms with E-state index < -0.39 is 40.4 Å². The van der Waals surface area contributed by atoms with Gasteiger partial charge < -0.3 is 5.11 Å². The van der Waals surface area contributed by atoms with Gasteiger partial charge in [-0.05, 0) is 42.5 Å². The van der Waals surface area contributed by atoms with Crippen molar-refractivity contribution < 1.29 is 27.1 Å². The summed E-state index contributed by atoms with van der Waals surface area (Å²) in [5.41, 5.74) is 0. The largest absolute Gasteiger partial charge is 0.480 e. The number of alkyl halides is 1. The molecule has 1 aliphatic heterocycles. The number of aliphatic carboxylic acids is 1. The zero-order valence-electron chi connectivity index (χ0n) is 11.9. The van der Waals surface area contributed by atoms with Gasteiger partial charge in [0, 0.05) is 6.54 Å². The Kier molecular flexibility index (Phi) is 4.81. The van der Waals surface area contributed by atoms with Crippen LogP contribution in [0.4, 0.5) is 8.78 Å². The minimum Gasteiger partial charge on any atom is -0.480 e. The van der Waals surface area contributed by atoms with Crippen LogP contribution in [0.3, 0.4) is 0 Å². The van der Waals surface area contributed by atoms with Crippen LogP contribution in [0.1, 0.15) is 13.3 Å². The van der Waals surface area contributed by atoms with Crippen LogP contribution in [0.25, 0.3) is 0 Å². The number of carboxylic acid groups (broad SMARTS) is 1. The van der Waals surface area contributed by atoms with Crippen molar-refractivity contribution in [3.05, 3.63) is 30.1 Å². The molecule has 0 radical (unpaired) electrons. The summed E-state index contributed by atoms with van der Waals surface area (Å²) in [5, 5.41) is 9.36. The molecule has 22 heavy (non-hydrogen) atoms. The third kappa shape index (κ3) is 2.98. The molecule has 0 saturated carbocycles. The lowest BCUT2D eigenvalue weighted by Crippen LogP contribution is -2.43. The number of sulfonamides is 1. The SMILES string of the molecule is C[C@H]1CN(S(=O)(=O)c2ccc(F)cc2)C(C(=O)O)[C@H]1CCF. The molecule has 0 bridgehead atoms. The number of nitrogens with zero attached hydrogens (tertiary/aromatic N) is 1. The van der Waals surface area contributed by atoms with Crippen LogP contribution in [0.2, 0.25) is 0 Å². The second-order valence-electron chi connectivity index (χ2n) is 5.43. The van der Waals surface area contributed by atoms with Gasteiger partial charge in [0.1, 0.15) is 11.9 Å². The molecule has 8 heteroatoms. The molecular weight excluding hydrogens is 316 g/mol. The zero-order valence-corrected chi connectivity index (χ0v) is 12.8. The molecule has 1 heterocycles. The summed E-state index contributed by atoms with van der Waals surface area (Å²) < 4.78 is 51.7. The summed E-state index contributed by atoms with van der Waals surface area (Å²) in [6.45, 7) is 1.00. The molecule has 0 aliphatic carbocycles. The highest BCUT2D eigenvalue weighted by atomic mass is 32.2. The normalized spacial score (nSPS) is 26.2. The quantitative estimate of drug-likeness (QED) is 0.893. The van der Waals surface area contributed by atoms with Crippen LogP contribution in [0, 0.1) is 17.7 Å². The molecule has 1 aromatic carbocycles. The van der Waals surface area contributed by atoms with Gasteiger partial charge in [0.05, 0.1) is 11.6 Å². The Hall–Kier alpha value is -1.54. The van der Waals surface area contributed by atoms with Crippen LogP contribution in [-0.2, 0) is 14.8 Å². The fourth-order valence-electron chi connectivity index (χ4n) is 2.92. The van der Waals surface area contributed by atoms with Gasteiger partial charge in [0.25, 0.3) is 0 Å². The van der Waals surface area contributed by atoms with E-state index in [2.05, 4.69) is 0 Å². The van der Waals surface area contributed by atoms with E-state index in [0.29, 0.717) is 0 Å². The molecule has 1 aliphatic rings. The van der Waals surface area contributed by atoms with E-state index in [-0.39, 0.29) is 23.8 Å². The van der Waals surface area contributed by atoms with E-state index in [1.807, 2.05) is 0 Å². The number of carbonyl (C=O) groups is 1. The predicted octanol–water partition coefficient (Wildman–Crippen LogP) is 1.90. The lowest BCUT2D eigenvalue weighted by atomic mass is 9.89. The van der Waals surface area contributed by atoms with Crippen LogP contribution >= 0.6 is 0 Å². The van der Waals surface area contributed by atoms with Crippen molar-refractivity contribution in [1.29, 1.82) is 0 Å². The smallest absolute Gasteiger partial charge is 0.322 e. The van der Waals surface area contributed by atoms with Crippen LogP contribution in [-0.4, -0.2) is 43.1 Å². The average Bonchev–Trinajstić information content (AvgIpc) is 2.78. The van der Waals surface area contributed by atoms with E-state index in [1.165, 1.54) is 0 Å². The first-order valence-corrected chi connectivity index (χ1v) is 8.29. The number of hydrogen-bond donors (Lipinski definition) is 1. The van der Waals surface area contributed by atoms with Gasteiger partial charge in [-0.15, -0.1) is 0 Å². The number of benzene rings is 1. The number of halogens is 2. The summed E-state index contributed by atoms with van der Waals surface area (Å²) in [6.07, 6.45) is -0.00638. The monoisotopic (exact) mass is 333 g/mol. The van der Waals surface area contributed by atoms with Crippen molar-refractivity contribution >= 4 is 16.0 Å². The second-order valence-corrected chi connectivity index (χ2v) is 7.32. The van der Waals surface area contributed by atoms with Gasteiger partial charge in [-0.3, -0.25) is 9.18 Å². The molecule has 5 nitrogen and oxygen atoms in total. The fourth-order valence-corrected chi connectivity index (χ4v) is 4.65. The molecule has 1 fully saturated rings. The molecular formula is C14H17F2NO4S. The molecule has 1 N–H and O–H groups in total. The Balaban J connectivity index is 2.41. The molecule has 1 saturated heterocycles. The van der Waals surface area contributed by atoms with Crippen molar-refractivity contribution in [3.8, 4) is 0 Å². The molecule has 122 valence electrons. The van der Waals surface area contributed by atoms with Crippen LogP contribution in [0.15, 0.2) is 29.2 Å². The maximum absolute atomic E-state index is 12.9. The second kappa shape index (κ2) is 6.29. The first-order chi connectivity index (χ1) is 10.3. The van der Waals surface area contributed by atoms with Gasteiger partial charge in [0.2, 0.25) is 10.0 Å². The minimum atomic E-state index is -4.07. The minimum absolute atomic E-state index is 0.00133. The van der Waals surface area contributed by atoms with E-state index in [4.69, 9.17) is 0 Å². The topological polar surface area (TPSA) is 74.7 Å². The Morgan fingerprint density at radius 1 is 1.36 bits per heavy atom. The van der Waals surface area contributed by atoms with E-state index >= 15 is 0 Å². The average molecular weight is 333 g/mol. The van der Waals surface area contributed by atoms with Crippen molar-refractivity contribution in [1.82, 2.24) is 4.31 Å². The standard InChI is InChI=1S/C14H17F2NO4S/c1-9-8-17(13(14(18)19)12(9)6-7-15)22(20,21)11-4-2-10(16)3-5-11/h2-5,9,12-13H,6-8H2,1H3,(H,18,19)/t9-,12-,13?/m0/s1. The lowest BCUT2D eigenvalue weighted by Gasteiger charge is -2.24. The van der Waals surface area contributed by atoms with Crippen LogP contribution in [0.5, 0.6) is 0 Å². The first-order valence-electron chi connectivity index (χ1n) is 6.85. The number of hydrogen-bond acceptors (Lipinski definition) is 3. The van der Waals surface area contributed by atoms with Gasteiger partial charge in [-0.2, -0.15) is 4.31 Å². The van der Waals surface area contributed by atoms with Gasteiger partial charge >= 0.3 is 5.97 Å². The summed E-state index contributed by atoms with van der Waals surface area (Å²) in [5.74, 6) is -2.74. The molecule has 3 atom stereocenters.